The van der Waals surface area contributed by atoms with Crippen LogP contribution in [0.4, 0.5) is 10.2 Å². The molecule has 40 heavy (non-hydrogen) atoms. The largest absolute Gasteiger partial charge is 0.462 e. The van der Waals surface area contributed by atoms with E-state index in [9.17, 15) is 14.5 Å². The van der Waals surface area contributed by atoms with Gasteiger partial charge in [0, 0.05) is 7.05 Å². The lowest BCUT2D eigenvalue weighted by Gasteiger charge is -2.25. The van der Waals surface area contributed by atoms with E-state index >= 15 is 4.39 Å². The van der Waals surface area contributed by atoms with Gasteiger partial charge in [0.15, 0.2) is 28.9 Å². The molecule has 3 N–H and O–H groups in total. The number of imidazole rings is 1. The third-order valence-corrected chi connectivity index (χ3v) is 7.82. The molecule has 1 unspecified atom stereocenters. The van der Waals surface area contributed by atoms with E-state index in [1.807, 2.05) is 0 Å². The van der Waals surface area contributed by atoms with Crippen molar-refractivity contribution in [2.75, 3.05) is 19.0 Å². The highest BCUT2D eigenvalue weighted by Crippen LogP contribution is 2.48. The van der Waals surface area contributed by atoms with Crippen molar-refractivity contribution >= 4 is 30.7 Å². The Morgan fingerprint density at radius 3 is 2.62 bits per heavy atom. The van der Waals surface area contributed by atoms with Crippen LogP contribution in [0, 0.1) is 6.92 Å². The van der Waals surface area contributed by atoms with Crippen molar-refractivity contribution < 1.29 is 37.4 Å². The first-order valence-electron chi connectivity index (χ1n) is 12.7. The number of hydrogen-bond acceptors (Lipinski definition) is 11. The number of carbonyl (C=O) groups excluding carboxylic acids is 1. The Hall–Kier alpha value is -3.16. The van der Waals surface area contributed by atoms with Crippen LogP contribution in [0.2, 0.25) is 0 Å². The molecule has 15 heteroatoms. The zero-order valence-corrected chi connectivity index (χ0v) is 24.0. The molecule has 0 amide bonds. The number of aryl methyl sites for hydroxylation is 1. The fourth-order valence-electron chi connectivity index (χ4n) is 4.23. The molecule has 1 aromatic carbocycles. The van der Waals surface area contributed by atoms with Crippen LogP contribution >= 0.6 is 7.75 Å². The summed E-state index contributed by atoms with van der Waals surface area (Å²) in [5.74, 6) is 0.404. The summed E-state index contributed by atoms with van der Waals surface area (Å²) in [6.07, 6.45) is -3.34. The number of aliphatic hydroxyl groups is 1. The number of para-hydroxylation sites is 1. The van der Waals surface area contributed by atoms with Gasteiger partial charge in [-0.3, -0.25) is 13.9 Å². The van der Waals surface area contributed by atoms with Crippen molar-refractivity contribution in [2.24, 2.45) is 0 Å². The van der Waals surface area contributed by atoms with Gasteiger partial charge in [0.25, 0.3) is 0 Å². The first-order valence-corrected chi connectivity index (χ1v) is 14.3. The van der Waals surface area contributed by atoms with Gasteiger partial charge in [0.05, 0.1) is 19.0 Å². The smallest absolute Gasteiger partial charge is 0.459 e. The van der Waals surface area contributed by atoms with E-state index < -0.39 is 56.6 Å². The third-order valence-electron chi connectivity index (χ3n) is 6.17. The third kappa shape index (κ3) is 6.26. The van der Waals surface area contributed by atoms with Crippen molar-refractivity contribution in [3.8, 4) is 5.75 Å². The van der Waals surface area contributed by atoms with E-state index in [1.54, 1.807) is 58.2 Å². The van der Waals surface area contributed by atoms with Crippen LogP contribution in [-0.4, -0.2) is 74.3 Å². The molecule has 13 nitrogen and oxygen atoms in total. The summed E-state index contributed by atoms with van der Waals surface area (Å²) in [4.78, 5) is 25.3. The Kier molecular flexibility index (Phi) is 8.76. The summed E-state index contributed by atoms with van der Waals surface area (Å²) < 4.78 is 53.4. The predicted octanol–water partition coefficient (Wildman–Crippen LogP) is 3.30. The first kappa shape index (κ1) is 29.8. The van der Waals surface area contributed by atoms with Crippen LogP contribution in [0.15, 0.2) is 36.7 Å². The Morgan fingerprint density at radius 2 is 1.98 bits per heavy atom. The second kappa shape index (κ2) is 11.8. The molecule has 0 radical (unpaired) electrons. The highest BCUT2D eigenvalue weighted by atomic mass is 31.2. The summed E-state index contributed by atoms with van der Waals surface area (Å²) >= 11 is 0. The second-order valence-corrected chi connectivity index (χ2v) is 11.5. The number of aromatic nitrogens is 4. The first-order chi connectivity index (χ1) is 18.8. The number of aliphatic hydroxyl groups excluding tert-OH is 1. The lowest BCUT2D eigenvalue weighted by Crippen LogP contribution is -2.41. The van der Waals surface area contributed by atoms with Gasteiger partial charge in [-0.1, -0.05) is 18.2 Å². The number of benzene rings is 1. The van der Waals surface area contributed by atoms with Crippen molar-refractivity contribution in [1.29, 1.82) is 0 Å². The highest BCUT2D eigenvalue weighted by molar-refractivity contribution is 7.52. The van der Waals surface area contributed by atoms with E-state index in [2.05, 4.69) is 25.4 Å². The summed E-state index contributed by atoms with van der Waals surface area (Å²) in [7, 11) is -2.59. The standard InChI is InChI=1S/C25H34FN6O7P/c1-14(2)37-23(34)15(3)31-40(35,39-17-10-8-7-9-11-17)36-12-18-20(33)25(5,26)24(38-18)32-13-28-19-21(27-6)29-16(4)30-22(19)32/h7-11,13-15,18,20,24,33H,12H2,1-6H3,(H,31,35)(H,27,29,30)/t15-,18?,20+,24+,25+,40+/m0/s1. The minimum Gasteiger partial charge on any atom is -0.462 e. The van der Waals surface area contributed by atoms with Crippen LogP contribution in [-0.2, 0) is 23.4 Å². The van der Waals surface area contributed by atoms with Gasteiger partial charge in [-0.15, -0.1) is 0 Å². The number of nitrogens with one attached hydrogen (secondary N) is 2. The number of anilines is 1. The van der Waals surface area contributed by atoms with Crippen molar-refractivity contribution in [2.45, 2.75) is 70.9 Å². The van der Waals surface area contributed by atoms with Gasteiger partial charge in [0.2, 0.25) is 0 Å². The van der Waals surface area contributed by atoms with Gasteiger partial charge in [-0.05, 0) is 46.8 Å². The number of hydrogen-bond donors (Lipinski definition) is 3. The lowest BCUT2D eigenvalue weighted by atomic mass is 9.98. The van der Waals surface area contributed by atoms with Crippen LogP contribution in [0.25, 0.3) is 11.2 Å². The zero-order chi connectivity index (χ0) is 29.2. The molecule has 6 atom stereocenters. The predicted molar refractivity (Wildman–Crippen MR) is 143 cm³/mol. The number of fused-ring (bicyclic) bond motifs is 1. The maximum absolute atomic E-state index is 16.0. The van der Waals surface area contributed by atoms with E-state index in [4.69, 9.17) is 18.5 Å². The Bertz CT molecular complexity index is 1390. The molecule has 0 saturated carbocycles. The van der Waals surface area contributed by atoms with Crippen molar-refractivity contribution in [3.63, 3.8) is 0 Å². The average Bonchev–Trinajstić information content (AvgIpc) is 3.40. The SMILES string of the molecule is CNc1nc(C)nc2c1ncn2[C@@H]1OC(CO[P@](=O)(N[C@@H](C)C(=O)OC(C)C)Oc2ccccc2)[C@@H](O)[C@@]1(C)F. The number of esters is 1. The highest BCUT2D eigenvalue weighted by Gasteiger charge is 2.56. The number of nitrogens with zero attached hydrogens (tertiary/aromatic N) is 4. The molecule has 1 aliphatic heterocycles. The van der Waals surface area contributed by atoms with Gasteiger partial charge < -0.3 is 24.4 Å². The van der Waals surface area contributed by atoms with E-state index in [1.165, 1.54) is 24.7 Å². The topological polar surface area (TPSA) is 159 Å². The minimum atomic E-state index is -4.26. The summed E-state index contributed by atoms with van der Waals surface area (Å²) in [6.45, 7) is 7.13. The summed E-state index contributed by atoms with van der Waals surface area (Å²) in [5, 5.41) is 16.4. The zero-order valence-electron chi connectivity index (χ0n) is 23.1. The Morgan fingerprint density at radius 1 is 1.27 bits per heavy atom. The summed E-state index contributed by atoms with van der Waals surface area (Å²) in [5.41, 5.74) is -1.61. The summed E-state index contributed by atoms with van der Waals surface area (Å²) in [6, 6.07) is 7.10. The number of alkyl halides is 1. The maximum atomic E-state index is 16.0. The normalized spacial score (nSPS) is 25.1. The van der Waals surface area contributed by atoms with E-state index in [0.717, 1.165) is 0 Å². The molecule has 218 valence electrons. The van der Waals surface area contributed by atoms with Crippen LogP contribution in [0.1, 0.15) is 39.7 Å². The molecule has 1 aliphatic rings. The number of halogens is 1. The van der Waals surface area contributed by atoms with Crippen molar-refractivity contribution in [1.82, 2.24) is 24.6 Å². The second-order valence-electron chi connectivity index (χ2n) is 9.85. The molecular formula is C25H34FN6O7P. The monoisotopic (exact) mass is 580 g/mol. The number of rotatable bonds is 11. The molecule has 1 saturated heterocycles. The fourth-order valence-corrected chi connectivity index (χ4v) is 5.73. The molecule has 0 spiro atoms. The fraction of sp³-hybridized carbons (Fsp3) is 0.520. The average molecular weight is 581 g/mol. The van der Waals surface area contributed by atoms with Crippen LogP contribution < -0.4 is 14.9 Å². The van der Waals surface area contributed by atoms with Gasteiger partial charge >= 0.3 is 13.7 Å². The molecular weight excluding hydrogens is 546 g/mol. The van der Waals surface area contributed by atoms with Crippen LogP contribution in [0.5, 0.6) is 5.75 Å². The molecule has 0 aliphatic carbocycles. The molecule has 3 heterocycles. The molecule has 0 bridgehead atoms. The van der Waals surface area contributed by atoms with E-state index in [0.29, 0.717) is 22.8 Å². The Labute approximate surface area is 231 Å². The van der Waals surface area contributed by atoms with Gasteiger partial charge in [-0.25, -0.2) is 23.9 Å². The van der Waals surface area contributed by atoms with Crippen LogP contribution in [0.3, 0.4) is 0 Å². The number of carbonyl (C=O) groups is 1. The molecule has 3 aromatic rings. The lowest BCUT2D eigenvalue weighted by molar-refractivity contribution is -0.149. The van der Waals surface area contributed by atoms with E-state index in [-0.39, 0.29) is 5.75 Å². The maximum Gasteiger partial charge on any atom is 0.459 e. The minimum absolute atomic E-state index is 0.198. The van der Waals surface area contributed by atoms with Gasteiger partial charge in [-0.2, -0.15) is 5.09 Å². The van der Waals surface area contributed by atoms with Gasteiger partial charge in [0.1, 0.15) is 29.8 Å². The number of ether oxygens (including phenoxy) is 2. The molecule has 2 aromatic heterocycles. The Balaban J connectivity index is 1.56. The molecule has 4 rings (SSSR count). The quantitative estimate of drug-likeness (QED) is 0.225. The molecule has 1 fully saturated rings. The van der Waals surface area contributed by atoms with Crippen molar-refractivity contribution in [3.05, 3.63) is 42.5 Å².